The molecule has 22 heavy (non-hydrogen) atoms. The van der Waals surface area contributed by atoms with Gasteiger partial charge in [-0.25, -0.2) is 9.18 Å². The van der Waals surface area contributed by atoms with Gasteiger partial charge in [0.1, 0.15) is 5.82 Å². The molecule has 5 nitrogen and oxygen atoms in total. The van der Waals surface area contributed by atoms with Gasteiger partial charge in [-0.15, -0.1) is 0 Å². The summed E-state index contributed by atoms with van der Waals surface area (Å²) in [5, 5.41) is 15.4. The van der Waals surface area contributed by atoms with Crippen molar-refractivity contribution >= 4 is 6.03 Å². The molecule has 2 atom stereocenters. The predicted octanol–water partition coefficient (Wildman–Crippen LogP) is 1.68. The number of fused-ring (bicyclic) bond motifs is 1. The van der Waals surface area contributed by atoms with Crippen LogP contribution in [0.3, 0.4) is 0 Å². The Bertz CT molecular complexity index is 693. The molecule has 2 amide bonds. The highest BCUT2D eigenvalue weighted by molar-refractivity contribution is 5.74. The lowest BCUT2D eigenvalue weighted by molar-refractivity contribution is 0.142. The van der Waals surface area contributed by atoms with Crippen LogP contribution in [-0.4, -0.2) is 22.2 Å². The normalized spacial score (nSPS) is 19.5. The highest BCUT2D eigenvalue weighted by Crippen LogP contribution is 2.30. The number of pyridine rings is 1. The van der Waals surface area contributed by atoms with Gasteiger partial charge in [-0.3, -0.25) is 4.98 Å². The number of carbonyl (C=O) groups excluding carboxylic acids is 1. The summed E-state index contributed by atoms with van der Waals surface area (Å²) in [5.74, 6) is -0.464. The Labute approximate surface area is 127 Å². The van der Waals surface area contributed by atoms with Gasteiger partial charge in [-0.1, -0.05) is 24.3 Å². The van der Waals surface area contributed by atoms with E-state index < -0.39 is 24.0 Å². The van der Waals surface area contributed by atoms with E-state index >= 15 is 0 Å². The van der Waals surface area contributed by atoms with Crippen molar-refractivity contribution in [2.45, 2.75) is 25.1 Å². The molecule has 0 fully saturated rings. The Morgan fingerprint density at radius 1 is 1.32 bits per heavy atom. The van der Waals surface area contributed by atoms with Crippen LogP contribution in [0.2, 0.25) is 0 Å². The second-order valence-electron chi connectivity index (χ2n) is 5.21. The number of aliphatic hydroxyl groups is 1. The number of amides is 2. The van der Waals surface area contributed by atoms with Gasteiger partial charge in [0.05, 0.1) is 24.4 Å². The van der Waals surface area contributed by atoms with Crippen molar-refractivity contribution in [2.24, 2.45) is 0 Å². The first-order valence-corrected chi connectivity index (χ1v) is 7.05. The second kappa shape index (κ2) is 6.11. The summed E-state index contributed by atoms with van der Waals surface area (Å²) in [6, 6.07) is 9.44. The molecule has 6 heteroatoms. The number of aromatic nitrogens is 1. The van der Waals surface area contributed by atoms with Gasteiger partial charge in [0.25, 0.3) is 0 Å². The van der Waals surface area contributed by atoms with Crippen molar-refractivity contribution in [3.8, 4) is 0 Å². The minimum atomic E-state index is -0.658. The predicted molar refractivity (Wildman–Crippen MR) is 78.5 cm³/mol. The van der Waals surface area contributed by atoms with Crippen LogP contribution in [0, 0.1) is 5.82 Å². The Morgan fingerprint density at radius 2 is 2.14 bits per heavy atom. The van der Waals surface area contributed by atoms with E-state index in [1.165, 1.54) is 18.3 Å². The van der Waals surface area contributed by atoms with Gasteiger partial charge in [0.15, 0.2) is 0 Å². The topological polar surface area (TPSA) is 74.2 Å². The zero-order valence-corrected chi connectivity index (χ0v) is 11.8. The van der Waals surface area contributed by atoms with Crippen LogP contribution in [0.4, 0.5) is 9.18 Å². The van der Waals surface area contributed by atoms with Crippen LogP contribution in [0.1, 0.15) is 22.9 Å². The summed E-state index contributed by atoms with van der Waals surface area (Å²) in [6.07, 6.45) is 1.32. The number of benzene rings is 1. The maximum atomic E-state index is 13.4. The molecular formula is C16H16FN3O2. The van der Waals surface area contributed by atoms with Crippen LogP contribution in [0.15, 0.2) is 42.6 Å². The molecule has 3 rings (SSSR count). The number of hydrogen-bond acceptors (Lipinski definition) is 3. The molecule has 0 saturated heterocycles. The molecule has 1 aliphatic rings. The Hall–Kier alpha value is -2.47. The van der Waals surface area contributed by atoms with E-state index in [2.05, 4.69) is 15.6 Å². The van der Waals surface area contributed by atoms with E-state index in [0.29, 0.717) is 6.42 Å². The standard InChI is InChI=1S/C16H16FN3O2/c17-12-6-3-7-18-13(12)9-19-16(22)20-15-11-5-2-1-4-10(11)8-14(15)21/h1-7,14-15,21H,8-9H2,(H2,19,20,22)/t14-,15-/m0/s1. The summed E-state index contributed by atoms with van der Waals surface area (Å²) in [4.78, 5) is 15.8. The smallest absolute Gasteiger partial charge is 0.315 e. The highest BCUT2D eigenvalue weighted by Gasteiger charge is 2.31. The molecule has 1 heterocycles. The van der Waals surface area contributed by atoms with E-state index in [1.807, 2.05) is 24.3 Å². The van der Waals surface area contributed by atoms with E-state index in [-0.39, 0.29) is 12.2 Å². The van der Waals surface area contributed by atoms with E-state index in [1.54, 1.807) is 0 Å². The Morgan fingerprint density at radius 3 is 2.95 bits per heavy atom. The van der Waals surface area contributed by atoms with Gasteiger partial charge in [-0.05, 0) is 23.3 Å². The first kappa shape index (κ1) is 14.5. The highest BCUT2D eigenvalue weighted by atomic mass is 19.1. The third-order valence-electron chi connectivity index (χ3n) is 3.74. The summed E-state index contributed by atoms with van der Waals surface area (Å²) >= 11 is 0. The fraction of sp³-hybridized carbons (Fsp3) is 0.250. The first-order valence-electron chi connectivity index (χ1n) is 7.05. The first-order chi connectivity index (χ1) is 10.6. The number of carbonyl (C=O) groups is 1. The molecule has 0 spiro atoms. The number of nitrogens with zero attached hydrogens (tertiary/aromatic N) is 1. The number of halogens is 1. The molecule has 0 aliphatic heterocycles. The molecule has 2 aromatic rings. The summed E-state index contributed by atoms with van der Waals surface area (Å²) < 4.78 is 13.4. The maximum absolute atomic E-state index is 13.4. The Balaban J connectivity index is 1.62. The van der Waals surface area contributed by atoms with Gasteiger partial charge < -0.3 is 15.7 Å². The maximum Gasteiger partial charge on any atom is 0.315 e. The molecule has 1 aliphatic carbocycles. The zero-order chi connectivity index (χ0) is 15.5. The lowest BCUT2D eigenvalue weighted by Crippen LogP contribution is -2.40. The van der Waals surface area contributed by atoms with Crippen LogP contribution >= 0.6 is 0 Å². The minimum Gasteiger partial charge on any atom is -0.390 e. The molecule has 0 saturated carbocycles. The molecule has 114 valence electrons. The molecule has 1 aromatic heterocycles. The number of rotatable bonds is 3. The molecule has 0 radical (unpaired) electrons. The summed E-state index contributed by atoms with van der Waals surface area (Å²) in [6.45, 7) is -0.0109. The Kier molecular flexibility index (Phi) is 4.02. The van der Waals surface area contributed by atoms with Crippen LogP contribution in [-0.2, 0) is 13.0 Å². The van der Waals surface area contributed by atoms with Crippen molar-refractivity contribution < 1.29 is 14.3 Å². The van der Waals surface area contributed by atoms with Crippen LogP contribution < -0.4 is 10.6 Å². The molecule has 0 bridgehead atoms. The molecule has 1 aromatic carbocycles. The number of urea groups is 1. The van der Waals surface area contributed by atoms with Crippen molar-refractivity contribution in [1.82, 2.24) is 15.6 Å². The SMILES string of the molecule is O=C(NCc1ncccc1F)N[C@H]1c2ccccc2C[C@@H]1O. The van der Waals surface area contributed by atoms with Gasteiger partial charge >= 0.3 is 6.03 Å². The van der Waals surface area contributed by atoms with Gasteiger partial charge in [0, 0.05) is 12.6 Å². The van der Waals surface area contributed by atoms with Crippen molar-refractivity contribution in [1.29, 1.82) is 0 Å². The van der Waals surface area contributed by atoms with E-state index in [9.17, 15) is 14.3 Å². The number of aliphatic hydroxyl groups excluding tert-OH is 1. The second-order valence-corrected chi connectivity index (χ2v) is 5.21. The van der Waals surface area contributed by atoms with Crippen molar-refractivity contribution in [3.05, 3.63) is 65.2 Å². The zero-order valence-electron chi connectivity index (χ0n) is 11.8. The summed E-state index contributed by atoms with van der Waals surface area (Å²) in [5.41, 5.74) is 2.11. The number of hydrogen-bond donors (Lipinski definition) is 3. The monoisotopic (exact) mass is 301 g/mol. The largest absolute Gasteiger partial charge is 0.390 e. The third kappa shape index (κ3) is 2.92. The number of nitrogens with one attached hydrogen (secondary N) is 2. The van der Waals surface area contributed by atoms with E-state index in [4.69, 9.17) is 0 Å². The van der Waals surface area contributed by atoms with Crippen molar-refractivity contribution in [3.63, 3.8) is 0 Å². The fourth-order valence-electron chi connectivity index (χ4n) is 2.65. The van der Waals surface area contributed by atoms with Crippen molar-refractivity contribution in [2.75, 3.05) is 0 Å². The fourth-order valence-corrected chi connectivity index (χ4v) is 2.65. The molecule has 3 N–H and O–H groups in total. The lowest BCUT2D eigenvalue weighted by Gasteiger charge is -2.18. The molecular weight excluding hydrogens is 285 g/mol. The quantitative estimate of drug-likeness (QED) is 0.807. The average Bonchev–Trinajstić information content (AvgIpc) is 2.83. The van der Waals surface area contributed by atoms with Gasteiger partial charge in [0.2, 0.25) is 0 Å². The third-order valence-corrected chi connectivity index (χ3v) is 3.74. The lowest BCUT2D eigenvalue weighted by atomic mass is 10.1. The van der Waals surface area contributed by atoms with Crippen LogP contribution in [0.5, 0.6) is 0 Å². The van der Waals surface area contributed by atoms with Crippen LogP contribution in [0.25, 0.3) is 0 Å². The average molecular weight is 301 g/mol. The van der Waals surface area contributed by atoms with Gasteiger partial charge in [-0.2, -0.15) is 0 Å². The summed E-state index contributed by atoms with van der Waals surface area (Å²) in [7, 11) is 0. The minimum absolute atomic E-state index is 0.0109. The molecule has 0 unspecified atom stereocenters. The van der Waals surface area contributed by atoms with E-state index in [0.717, 1.165) is 11.1 Å².